The molecular weight excluding hydrogens is 501 g/mol. The molecule has 0 aliphatic heterocycles. The molecule has 40 heavy (non-hydrogen) atoms. The van der Waals surface area contributed by atoms with Crippen molar-refractivity contribution in [1.29, 1.82) is 0 Å². The van der Waals surface area contributed by atoms with Crippen molar-refractivity contribution in [1.82, 2.24) is 0 Å². The van der Waals surface area contributed by atoms with Crippen LogP contribution in [0.2, 0.25) is 0 Å². The minimum Gasteiger partial charge on any atom is -0.375 e. The quantitative estimate of drug-likeness (QED) is 0.0934. The van der Waals surface area contributed by atoms with Crippen molar-refractivity contribution in [2.45, 2.75) is 77.3 Å². The van der Waals surface area contributed by atoms with Crippen LogP contribution in [0.5, 0.6) is 0 Å². The molecule has 210 valence electrons. The summed E-state index contributed by atoms with van der Waals surface area (Å²) >= 11 is 0. The highest BCUT2D eigenvalue weighted by atomic mass is 31.2. The number of rotatable bonds is 17. The smallest absolute Gasteiger partial charge is 0.116 e. The Hall–Kier alpha value is -2.89. The van der Waals surface area contributed by atoms with Gasteiger partial charge in [-0.3, -0.25) is 0 Å². The van der Waals surface area contributed by atoms with Crippen molar-refractivity contribution in [3.8, 4) is 0 Å². The molecule has 4 aromatic carbocycles. The SMILES string of the molecule is CCCCCCCCCCCCN(C)c1ccc(C[P+](c2ccccc2)(c2ccccc2)c2ccccc2)cc1. The molecule has 0 N–H and O–H groups in total. The Morgan fingerprint density at radius 1 is 0.475 bits per heavy atom. The summed E-state index contributed by atoms with van der Waals surface area (Å²) in [6, 6.07) is 43.0. The highest BCUT2D eigenvalue weighted by Crippen LogP contribution is 2.58. The fraction of sp³-hybridized carbons (Fsp3) is 0.368. The molecule has 0 spiro atoms. The fourth-order valence-electron chi connectivity index (χ4n) is 5.86. The van der Waals surface area contributed by atoms with E-state index in [0.29, 0.717) is 0 Å². The minimum atomic E-state index is -1.87. The summed E-state index contributed by atoms with van der Waals surface area (Å²) in [6.07, 6.45) is 14.9. The topological polar surface area (TPSA) is 3.24 Å². The van der Waals surface area contributed by atoms with E-state index in [2.05, 4.69) is 134 Å². The fourth-order valence-corrected chi connectivity index (χ4v) is 10.1. The lowest BCUT2D eigenvalue weighted by molar-refractivity contribution is 0.556. The molecule has 1 nitrogen and oxygen atoms in total. The third-order valence-electron chi connectivity index (χ3n) is 8.23. The second-order valence-electron chi connectivity index (χ2n) is 11.2. The monoisotopic (exact) mass is 550 g/mol. The molecular formula is C38H49NP+. The zero-order chi connectivity index (χ0) is 27.9. The van der Waals surface area contributed by atoms with Crippen molar-refractivity contribution >= 4 is 28.9 Å². The van der Waals surface area contributed by atoms with Gasteiger partial charge in [0.15, 0.2) is 0 Å². The van der Waals surface area contributed by atoms with E-state index in [1.54, 1.807) is 0 Å². The molecule has 2 heteroatoms. The van der Waals surface area contributed by atoms with E-state index in [0.717, 1.165) is 12.7 Å². The van der Waals surface area contributed by atoms with Crippen LogP contribution < -0.4 is 20.8 Å². The maximum Gasteiger partial charge on any atom is 0.116 e. The maximum atomic E-state index is 2.43. The van der Waals surface area contributed by atoms with Crippen molar-refractivity contribution < 1.29 is 0 Å². The lowest BCUT2D eigenvalue weighted by Crippen LogP contribution is -2.32. The number of nitrogens with zero attached hydrogens (tertiary/aromatic N) is 1. The van der Waals surface area contributed by atoms with Crippen LogP contribution in [0.15, 0.2) is 115 Å². The first-order valence-corrected chi connectivity index (χ1v) is 17.6. The van der Waals surface area contributed by atoms with Gasteiger partial charge >= 0.3 is 0 Å². The van der Waals surface area contributed by atoms with E-state index in [-0.39, 0.29) is 0 Å². The van der Waals surface area contributed by atoms with Crippen molar-refractivity contribution in [2.75, 3.05) is 18.5 Å². The molecule has 0 heterocycles. The highest BCUT2D eigenvalue weighted by molar-refractivity contribution is 7.95. The summed E-state index contributed by atoms with van der Waals surface area (Å²) in [6.45, 7) is 3.42. The Bertz CT molecular complexity index is 1110. The number of hydrogen-bond donors (Lipinski definition) is 0. The van der Waals surface area contributed by atoms with Crippen LogP contribution >= 0.6 is 7.26 Å². The summed E-state index contributed by atoms with van der Waals surface area (Å²) in [5.41, 5.74) is 2.73. The van der Waals surface area contributed by atoms with Crippen LogP contribution in [0.1, 0.15) is 76.7 Å². The van der Waals surface area contributed by atoms with Gasteiger partial charge in [0.1, 0.15) is 23.2 Å². The third kappa shape index (κ3) is 8.31. The van der Waals surface area contributed by atoms with Crippen LogP contribution in [0.25, 0.3) is 0 Å². The molecule has 4 aromatic rings. The molecule has 0 aliphatic carbocycles. The van der Waals surface area contributed by atoms with E-state index in [4.69, 9.17) is 0 Å². The average Bonchev–Trinajstić information content (AvgIpc) is 3.02. The van der Waals surface area contributed by atoms with Gasteiger partial charge in [-0.15, -0.1) is 0 Å². The summed E-state index contributed by atoms with van der Waals surface area (Å²) in [7, 11) is 0.381. The molecule has 0 radical (unpaired) electrons. The van der Waals surface area contributed by atoms with E-state index in [1.165, 1.54) is 91.4 Å². The highest BCUT2D eigenvalue weighted by Gasteiger charge is 2.45. The van der Waals surface area contributed by atoms with E-state index < -0.39 is 7.26 Å². The Morgan fingerprint density at radius 2 is 0.875 bits per heavy atom. The Balaban J connectivity index is 1.41. The zero-order valence-corrected chi connectivity index (χ0v) is 25.7. The van der Waals surface area contributed by atoms with Gasteiger partial charge in [0.05, 0.1) is 6.16 Å². The van der Waals surface area contributed by atoms with Gasteiger partial charge in [0.25, 0.3) is 0 Å². The van der Waals surface area contributed by atoms with Gasteiger partial charge in [-0.2, -0.15) is 0 Å². The minimum absolute atomic E-state index is 1.02. The van der Waals surface area contributed by atoms with E-state index in [9.17, 15) is 0 Å². The first-order valence-electron chi connectivity index (χ1n) is 15.6. The standard InChI is InChI=1S/C38H49NP/c1-3-4-5-6-7-8-9-10-11-21-32-39(2)35-30-28-34(29-31-35)33-40(36-22-15-12-16-23-36,37-24-17-13-18-25-37)38-26-19-14-20-27-38/h12-20,22-31H,3-11,21,32-33H2,1-2H3/q+1. The molecule has 0 atom stereocenters. The molecule has 0 saturated carbocycles. The molecule has 4 rings (SSSR count). The predicted octanol–water partition coefficient (Wildman–Crippen LogP) is 9.54. The second kappa shape index (κ2) is 16.4. The first kappa shape index (κ1) is 30.1. The summed E-state index contributed by atoms with van der Waals surface area (Å²) in [5, 5.41) is 4.32. The molecule has 0 fully saturated rings. The van der Waals surface area contributed by atoms with Crippen LogP contribution in [-0.2, 0) is 6.16 Å². The van der Waals surface area contributed by atoms with Crippen molar-refractivity contribution in [3.05, 3.63) is 121 Å². The lowest BCUT2D eigenvalue weighted by Gasteiger charge is -2.28. The van der Waals surface area contributed by atoms with E-state index >= 15 is 0 Å². The summed E-state index contributed by atoms with van der Waals surface area (Å²) in [4.78, 5) is 2.43. The van der Waals surface area contributed by atoms with Gasteiger partial charge in [0.2, 0.25) is 0 Å². The first-order chi connectivity index (χ1) is 19.7. The molecule has 0 amide bonds. The van der Waals surface area contributed by atoms with Gasteiger partial charge < -0.3 is 4.90 Å². The largest absolute Gasteiger partial charge is 0.375 e. The second-order valence-corrected chi connectivity index (χ2v) is 14.7. The lowest BCUT2D eigenvalue weighted by atomic mass is 10.1. The van der Waals surface area contributed by atoms with Gasteiger partial charge in [-0.05, 0) is 60.5 Å². The Labute approximate surface area is 245 Å². The molecule has 0 aliphatic rings. The van der Waals surface area contributed by atoms with Crippen LogP contribution in [0, 0.1) is 0 Å². The van der Waals surface area contributed by atoms with Crippen molar-refractivity contribution in [3.63, 3.8) is 0 Å². The van der Waals surface area contributed by atoms with E-state index in [1.807, 2.05) is 0 Å². The summed E-state index contributed by atoms with van der Waals surface area (Å²) in [5.74, 6) is 0. The third-order valence-corrected chi connectivity index (χ3v) is 12.6. The van der Waals surface area contributed by atoms with Crippen LogP contribution in [0.4, 0.5) is 5.69 Å². The predicted molar refractivity (Wildman–Crippen MR) is 180 cm³/mol. The number of unbranched alkanes of at least 4 members (excludes halogenated alkanes) is 9. The molecule has 0 saturated heterocycles. The van der Waals surface area contributed by atoms with Gasteiger partial charge in [-0.1, -0.05) is 131 Å². The Morgan fingerprint density at radius 3 is 1.30 bits per heavy atom. The van der Waals surface area contributed by atoms with Crippen LogP contribution in [-0.4, -0.2) is 13.6 Å². The normalized spacial score (nSPS) is 11.4. The average molecular weight is 551 g/mol. The molecule has 0 unspecified atom stereocenters. The van der Waals surface area contributed by atoms with Crippen molar-refractivity contribution in [2.24, 2.45) is 0 Å². The van der Waals surface area contributed by atoms with Gasteiger partial charge in [0, 0.05) is 19.3 Å². The summed E-state index contributed by atoms with van der Waals surface area (Å²) < 4.78 is 0. The zero-order valence-electron chi connectivity index (χ0n) is 24.8. The van der Waals surface area contributed by atoms with Crippen LogP contribution in [0.3, 0.4) is 0 Å². The number of benzene rings is 4. The number of hydrogen-bond acceptors (Lipinski definition) is 1. The molecule has 0 aromatic heterocycles. The molecule has 0 bridgehead atoms. The maximum absolute atomic E-state index is 2.43. The van der Waals surface area contributed by atoms with Gasteiger partial charge in [-0.25, -0.2) is 0 Å². The Kier molecular flexibility index (Phi) is 12.3. The number of anilines is 1.